The molecule has 5 aliphatic heterocycles. The molecule has 10 heterocycles. The lowest BCUT2D eigenvalue weighted by molar-refractivity contribution is -0.395. The summed E-state index contributed by atoms with van der Waals surface area (Å²) in [5, 5.41) is 31.1. The first-order valence-corrected chi connectivity index (χ1v) is 29.3. The summed E-state index contributed by atoms with van der Waals surface area (Å²) in [5.74, 6) is 0.969. The number of nitrogens with two attached hydrogens (primary N) is 4. The number of likely N-dealkylation sites (N-methyl/N-ethyl adjacent to an activating group) is 4. The predicted molar refractivity (Wildman–Crippen MR) is 316 cm³/mol. The second-order valence-corrected chi connectivity index (χ2v) is 19.7. The largest absolute Gasteiger partial charge is 0.480 e. The molecule has 0 radical (unpaired) electrons. The molecule has 0 saturated carbocycles. The van der Waals surface area contributed by atoms with Gasteiger partial charge in [0.2, 0.25) is 5.88 Å². The van der Waals surface area contributed by atoms with Gasteiger partial charge in [0.05, 0.1) is 57.0 Å². The van der Waals surface area contributed by atoms with Crippen molar-refractivity contribution in [2.24, 2.45) is 12.8 Å². The molecule has 79 heavy (non-hydrogen) atoms. The van der Waals surface area contributed by atoms with Crippen LogP contribution in [0.15, 0.2) is 58.3 Å². The Morgan fingerprint density at radius 3 is 1.42 bits per heavy atom. The number of pyridine rings is 5. The Morgan fingerprint density at radius 1 is 0.544 bits per heavy atom. The minimum Gasteiger partial charge on any atom is -0.480 e. The van der Waals surface area contributed by atoms with E-state index in [4.69, 9.17) is 21.9 Å². The molecule has 0 spiro atoms. The number of carbonyl (C=O) groups is 1. The third kappa shape index (κ3) is 21.4. The van der Waals surface area contributed by atoms with Gasteiger partial charge in [-0.1, -0.05) is 0 Å². The average Bonchev–Trinajstić information content (AvgIpc) is 3.42. The number of hydrogen-bond acceptors (Lipinski definition) is 22. The van der Waals surface area contributed by atoms with Crippen molar-refractivity contribution < 1.29 is 24.3 Å². The number of methoxy groups -OCH3 is 1. The highest BCUT2D eigenvalue weighted by molar-refractivity contribution is 9.93. The summed E-state index contributed by atoms with van der Waals surface area (Å²) in [4.78, 5) is 79.0. The summed E-state index contributed by atoms with van der Waals surface area (Å²) in [6, 6.07) is 8.28. The number of nitro groups is 3. The number of nitrogen functional groups attached to an aromatic ring is 3. The highest BCUT2D eigenvalue weighted by atomic mass is 80.9. The molecule has 0 bridgehead atoms. The molecule has 26 nitrogen and oxygen atoms in total. The van der Waals surface area contributed by atoms with Crippen molar-refractivity contribution in [1.82, 2.24) is 49.0 Å². The number of rotatable bonds is 4. The zero-order valence-electron chi connectivity index (χ0n) is 45.9. The molecule has 5 aromatic heterocycles. The Labute approximate surface area is 483 Å². The summed E-state index contributed by atoms with van der Waals surface area (Å²) in [6.07, 6.45) is 9.44. The van der Waals surface area contributed by atoms with Crippen molar-refractivity contribution in [3.8, 4) is 5.88 Å². The lowest BCUT2D eigenvalue weighted by atomic mass is 10.1. The monoisotopic (exact) mass is 1290 g/mol. The highest BCUT2D eigenvalue weighted by Gasteiger charge is 2.22. The SMILES string of the molecule is BrBr.CN.CN1CCC(=O)CC1.CN1CCc2nc(Br)c(N)cc2C1.CN1CCc2ncc(N)cc2C1.CN1CCc2ncc([N+](=O)[O-])cc2C1.COc1nc2c(cc1N)CN(C)CC2.Cn1cc([N+](=O)[O-])cc([N+](=O)[O-])c1=O. The number of anilines is 3. The number of piperidine rings is 1. The molecule has 432 valence electrons. The molecular formula is C50H72Br3N17O9. The summed E-state index contributed by atoms with van der Waals surface area (Å²) in [6.45, 7) is 9.73. The molecule has 10 rings (SSSR count). The fourth-order valence-corrected chi connectivity index (χ4v) is 8.72. The predicted octanol–water partition coefficient (Wildman–Crippen LogP) is 5.45. The van der Waals surface area contributed by atoms with Gasteiger partial charge in [0, 0.05) is 162 Å². The van der Waals surface area contributed by atoms with E-state index >= 15 is 0 Å². The number of aromatic nitrogens is 5. The smallest absolute Gasteiger partial charge is 0.340 e. The van der Waals surface area contributed by atoms with Crippen molar-refractivity contribution in [1.29, 1.82) is 0 Å². The van der Waals surface area contributed by atoms with E-state index in [0.29, 0.717) is 23.4 Å². The van der Waals surface area contributed by atoms with Gasteiger partial charge in [-0.05, 0) is 98.7 Å². The number of likely N-dealkylation sites (tertiary alicyclic amines) is 1. The zero-order valence-corrected chi connectivity index (χ0v) is 50.6. The van der Waals surface area contributed by atoms with Crippen LogP contribution in [0.4, 0.5) is 34.1 Å². The number of ketones is 1. The third-order valence-corrected chi connectivity index (χ3v) is 13.3. The van der Waals surface area contributed by atoms with Crippen LogP contribution in [0.1, 0.15) is 57.9 Å². The van der Waals surface area contributed by atoms with E-state index in [9.17, 15) is 39.9 Å². The Bertz CT molecular complexity index is 2910. The van der Waals surface area contributed by atoms with Crippen LogP contribution < -0.4 is 33.2 Å². The molecule has 8 N–H and O–H groups in total. The van der Waals surface area contributed by atoms with E-state index in [0.717, 1.165) is 148 Å². The second kappa shape index (κ2) is 33.4. The number of halogens is 3. The molecule has 0 aromatic carbocycles. The van der Waals surface area contributed by atoms with Gasteiger partial charge in [-0.25, -0.2) is 9.97 Å². The van der Waals surface area contributed by atoms with Crippen molar-refractivity contribution in [3.63, 3.8) is 0 Å². The van der Waals surface area contributed by atoms with Crippen molar-refractivity contribution in [2.45, 2.75) is 64.7 Å². The zero-order chi connectivity index (χ0) is 59.1. The van der Waals surface area contributed by atoms with Gasteiger partial charge in [-0.15, -0.1) is 0 Å². The molecule has 1 saturated heterocycles. The molecule has 5 aromatic rings. The minimum atomic E-state index is -0.949. The van der Waals surface area contributed by atoms with Crippen molar-refractivity contribution in [3.05, 3.63) is 139 Å². The first-order valence-electron chi connectivity index (χ1n) is 24.8. The summed E-state index contributed by atoms with van der Waals surface area (Å²) in [7, 11) is 14.7. The van der Waals surface area contributed by atoms with E-state index in [2.05, 4.69) is 115 Å². The Hall–Kier alpha value is -6.18. The third-order valence-electron chi connectivity index (χ3n) is 12.7. The fraction of sp³-hybridized carbons (Fsp3) is 0.480. The van der Waals surface area contributed by atoms with E-state index in [1.54, 1.807) is 19.4 Å². The molecule has 1 fully saturated rings. The maximum absolute atomic E-state index is 11.1. The Morgan fingerprint density at radius 2 is 0.962 bits per heavy atom. The van der Waals surface area contributed by atoms with Crippen LogP contribution in [0, 0.1) is 30.3 Å². The summed E-state index contributed by atoms with van der Waals surface area (Å²) >= 11 is 8.84. The number of nitrogens with zero attached hydrogens (tertiary/aromatic N) is 13. The summed E-state index contributed by atoms with van der Waals surface area (Å²) < 4.78 is 6.66. The lowest BCUT2D eigenvalue weighted by Gasteiger charge is -2.24. The standard InChI is InChI=1S/C10H15N3O.C9H12BrN3.C9H11N3O2.C9H13N3.C6H5N3O5.C6H11NO.CH5N.Br2/c1-13-4-3-9-7(6-13)5-8(11)10(12-9)14-2;1-13-3-2-8-6(5-13)4-7(11)9(10)12-8;1-11-3-2-9-7(6-11)4-8(5-10-9)12(13)14;1-12-3-2-9-7(6-12)4-8(10)5-11-9;1-7-3-4(8(11)12)2-5(6(7)10)9(13)14;1-7-4-2-6(8)3-5-7;2*1-2/h5H,3-4,6,11H2,1-2H3;4H,2-3,5,11H2,1H3;4-5H,2-3,6H2,1H3;4-5H,2-3,6,10H2,1H3;2-3H,1H3;2-5H2,1H3;2H2,1H3;. The number of ether oxygens (including phenoxy) is 1. The second-order valence-electron chi connectivity index (χ2n) is 18.9. The van der Waals surface area contributed by atoms with Crippen LogP contribution >= 0.6 is 44.2 Å². The highest BCUT2D eigenvalue weighted by Crippen LogP contribution is 2.27. The van der Waals surface area contributed by atoms with Crippen LogP contribution in [0.5, 0.6) is 5.88 Å². The van der Waals surface area contributed by atoms with Crippen LogP contribution in [-0.4, -0.2) is 158 Å². The quantitative estimate of drug-likeness (QED) is 0.0986. The first kappa shape index (κ1) is 67.1. The Balaban J connectivity index is 0.000000247. The molecular weight excluding hydrogens is 1220 g/mol. The normalized spacial score (nSPS) is 15.6. The molecule has 0 amide bonds. The van der Waals surface area contributed by atoms with Crippen molar-refractivity contribution in [2.75, 3.05) is 106 Å². The number of hydrogen-bond donors (Lipinski definition) is 4. The summed E-state index contributed by atoms with van der Waals surface area (Å²) in [5.41, 5.74) is 31.0. The van der Waals surface area contributed by atoms with E-state index in [1.807, 2.05) is 32.3 Å². The molecule has 0 atom stereocenters. The van der Waals surface area contributed by atoms with Gasteiger partial charge in [0.15, 0.2) is 0 Å². The van der Waals surface area contributed by atoms with Crippen LogP contribution in [-0.2, 0) is 63.7 Å². The van der Waals surface area contributed by atoms with Crippen LogP contribution in [0.25, 0.3) is 0 Å². The lowest BCUT2D eigenvalue weighted by Crippen LogP contribution is -2.29. The number of aryl methyl sites for hydroxylation is 1. The van der Waals surface area contributed by atoms with Crippen LogP contribution in [0.2, 0.25) is 0 Å². The molecule has 0 aliphatic carbocycles. The van der Waals surface area contributed by atoms with Gasteiger partial charge in [-0.3, -0.25) is 49.9 Å². The van der Waals surface area contributed by atoms with Gasteiger partial charge >= 0.3 is 11.2 Å². The number of fused-ring (bicyclic) bond motifs is 4. The molecule has 5 aliphatic rings. The number of Topliss-reactive ketones (excluding diaryl/α,β-unsaturated/α-hetero) is 1. The minimum absolute atomic E-state index is 0.0825. The Kier molecular flexibility index (Phi) is 28.4. The van der Waals surface area contributed by atoms with E-state index in [1.165, 1.54) is 48.4 Å². The fourth-order valence-electron chi connectivity index (χ4n) is 8.40. The van der Waals surface area contributed by atoms with Gasteiger partial charge in [0.1, 0.15) is 22.6 Å². The van der Waals surface area contributed by atoms with E-state index < -0.39 is 31.7 Å². The van der Waals surface area contributed by atoms with Gasteiger partial charge in [0.25, 0.3) is 11.4 Å². The first-order chi connectivity index (χ1) is 37.5. The van der Waals surface area contributed by atoms with Gasteiger partial charge < -0.3 is 56.7 Å². The maximum Gasteiger partial charge on any atom is 0.340 e. The van der Waals surface area contributed by atoms with E-state index in [-0.39, 0.29) is 5.69 Å². The molecule has 29 heteroatoms. The number of carbonyl (C=O) groups excluding carboxylic acids is 1. The van der Waals surface area contributed by atoms with Gasteiger partial charge in [-0.2, -0.15) is 0 Å². The van der Waals surface area contributed by atoms with Crippen LogP contribution in [0.3, 0.4) is 0 Å². The average molecular weight is 1290 g/mol. The topological polar surface area (TPSA) is 350 Å². The molecule has 0 unspecified atom stereocenters. The van der Waals surface area contributed by atoms with Crippen molar-refractivity contribution >= 4 is 84.1 Å². The maximum atomic E-state index is 11.1.